The highest BCUT2D eigenvalue weighted by Gasteiger charge is 2.28. The van der Waals surface area contributed by atoms with E-state index < -0.39 is 5.82 Å². The monoisotopic (exact) mass is 472 g/mol. The maximum absolute atomic E-state index is 14.4. The van der Waals surface area contributed by atoms with Crippen molar-refractivity contribution in [1.82, 2.24) is 20.4 Å². The van der Waals surface area contributed by atoms with Gasteiger partial charge in [0.15, 0.2) is 0 Å². The Kier molecular flexibility index (Phi) is 6.78. The van der Waals surface area contributed by atoms with E-state index in [1.54, 1.807) is 19.2 Å². The van der Waals surface area contributed by atoms with E-state index >= 15 is 0 Å². The molecule has 0 atom stereocenters. The normalized spacial score (nSPS) is 18.1. The number of nitrogens with zero attached hydrogens (tertiary/aromatic N) is 4. The minimum Gasteiger partial charge on any atom is -0.363 e. The topological polar surface area (TPSA) is 96.2 Å². The van der Waals surface area contributed by atoms with Crippen LogP contribution in [0, 0.1) is 12.7 Å². The minimum absolute atomic E-state index is 0.0113. The Morgan fingerprint density at radius 1 is 1.18 bits per heavy atom. The summed E-state index contributed by atoms with van der Waals surface area (Å²) in [5.41, 5.74) is 0.381. The van der Waals surface area contributed by atoms with Gasteiger partial charge in [0, 0.05) is 32.4 Å². The van der Waals surface area contributed by atoms with Crippen LogP contribution in [0.25, 0.3) is 11.3 Å². The number of aromatic nitrogens is 3. The van der Waals surface area contributed by atoms with Crippen LogP contribution in [0.1, 0.15) is 41.8 Å². The van der Waals surface area contributed by atoms with Crippen LogP contribution >= 0.6 is 11.6 Å². The maximum atomic E-state index is 14.4. The van der Waals surface area contributed by atoms with Crippen molar-refractivity contribution in [3.63, 3.8) is 0 Å². The summed E-state index contributed by atoms with van der Waals surface area (Å²) in [5.74, 6) is 0.845. The molecule has 174 valence electrons. The third-order valence-corrected chi connectivity index (χ3v) is 6.10. The molecule has 1 saturated carbocycles. The smallest absolute Gasteiger partial charge is 0.257 e. The molecule has 2 N–H and O–H groups in total. The Hall–Kier alpha value is -3.20. The van der Waals surface area contributed by atoms with Crippen molar-refractivity contribution >= 4 is 29.3 Å². The van der Waals surface area contributed by atoms with E-state index in [1.165, 1.54) is 12.1 Å². The molecular formula is C23H26ClFN6O2. The number of carbonyl (C=O) groups is 1. The van der Waals surface area contributed by atoms with E-state index in [1.807, 2.05) is 25.1 Å². The van der Waals surface area contributed by atoms with Crippen molar-refractivity contribution in [3.8, 4) is 11.3 Å². The molecule has 4 rings (SSSR count). The van der Waals surface area contributed by atoms with Crippen molar-refractivity contribution in [2.45, 2.75) is 44.7 Å². The first-order valence-corrected chi connectivity index (χ1v) is 11.2. The first kappa shape index (κ1) is 23.0. The van der Waals surface area contributed by atoms with Crippen LogP contribution < -0.4 is 15.5 Å². The zero-order valence-electron chi connectivity index (χ0n) is 18.7. The van der Waals surface area contributed by atoms with Crippen molar-refractivity contribution in [1.29, 1.82) is 0 Å². The lowest BCUT2D eigenvalue weighted by molar-refractivity contribution is 0.0925. The van der Waals surface area contributed by atoms with Crippen LogP contribution in [0.15, 0.2) is 35.0 Å². The molecule has 1 aromatic carbocycles. The molecule has 0 unspecified atom stereocenters. The number of carbonyl (C=O) groups excluding carboxylic acids is 1. The highest BCUT2D eigenvalue weighted by Crippen LogP contribution is 2.33. The summed E-state index contributed by atoms with van der Waals surface area (Å²) in [6, 6.07) is 6.40. The summed E-state index contributed by atoms with van der Waals surface area (Å²) in [7, 11) is 3.87. The summed E-state index contributed by atoms with van der Waals surface area (Å²) < 4.78 is 19.6. The Labute approximate surface area is 196 Å². The van der Waals surface area contributed by atoms with Gasteiger partial charge in [0.05, 0.1) is 10.6 Å². The van der Waals surface area contributed by atoms with Gasteiger partial charge in [-0.25, -0.2) is 9.37 Å². The molecule has 33 heavy (non-hydrogen) atoms. The summed E-state index contributed by atoms with van der Waals surface area (Å²) in [4.78, 5) is 23.8. The number of nitrogens with one attached hydrogen (secondary N) is 2. The molecule has 0 saturated heterocycles. The van der Waals surface area contributed by atoms with Gasteiger partial charge in [0.25, 0.3) is 5.91 Å². The first-order chi connectivity index (χ1) is 15.8. The Morgan fingerprint density at radius 2 is 1.91 bits per heavy atom. The van der Waals surface area contributed by atoms with Gasteiger partial charge in [0.1, 0.15) is 28.7 Å². The quantitative estimate of drug-likeness (QED) is 0.547. The standard InChI is InChI=1S/C23H26ClFN6O2/c1-13-19(21(30-33-13)20-16(24)5-4-6-17(20)25)22(32)27-14-7-9-15(10-8-14)28-23-26-12-11-18(29-23)31(2)3/h4-6,11-12,14-15H,7-10H2,1-3H3,(H,27,32)(H,26,28,29)/t14-,15+. The molecule has 0 radical (unpaired) electrons. The number of amides is 1. The van der Waals surface area contributed by atoms with Gasteiger partial charge in [-0.1, -0.05) is 22.8 Å². The number of aryl methyl sites for hydroxylation is 1. The van der Waals surface area contributed by atoms with Gasteiger partial charge in [-0.3, -0.25) is 4.79 Å². The summed E-state index contributed by atoms with van der Waals surface area (Å²) >= 11 is 6.18. The fourth-order valence-electron chi connectivity index (χ4n) is 4.02. The highest BCUT2D eigenvalue weighted by molar-refractivity contribution is 6.33. The van der Waals surface area contributed by atoms with E-state index in [0.717, 1.165) is 31.5 Å². The molecule has 2 aromatic heterocycles. The van der Waals surface area contributed by atoms with Crippen LogP contribution in [0.2, 0.25) is 5.02 Å². The highest BCUT2D eigenvalue weighted by atomic mass is 35.5. The van der Waals surface area contributed by atoms with Crippen LogP contribution in [0.3, 0.4) is 0 Å². The lowest BCUT2D eigenvalue weighted by atomic mass is 9.91. The second-order valence-electron chi connectivity index (χ2n) is 8.36. The molecule has 1 amide bonds. The molecule has 10 heteroatoms. The van der Waals surface area contributed by atoms with Crippen molar-refractivity contribution in [2.24, 2.45) is 0 Å². The number of hydrogen-bond donors (Lipinski definition) is 2. The Balaban J connectivity index is 1.40. The van der Waals surface area contributed by atoms with Crippen molar-refractivity contribution in [2.75, 3.05) is 24.3 Å². The lowest BCUT2D eigenvalue weighted by Crippen LogP contribution is -2.40. The Bertz CT molecular complexity index is 1120. The SMILES string of the molecule is Cc1onc(-c2c(F)cccc2Cl)c1C(=O)N[C@H]1CC[C@@H](Nc2nccc(N(C)C)n2)CC1. The number of hydrogen-bond acceptors (Lipinski definition) is 7. The van der Waals surface area contributed by atoms with Crippen LogP contribution in [-0.4, -0.2) is 47.2 Å². The predicted octanol–water partition coefficient (Wildman–Crippen LogP) is 4.45. The average molecular weight is 473 g/mol. The van der Waals surface area contributed by atoms with Gasteiger partial charge in [-0.05, 0) is 50.8 Å². The van der Waals surface area contributed by atoms with Gasteiger partial charge < -0.3 is 20.1 Å². The zero-order valence-corrected chi connectivity index (χ0v) is 19.5. The number of anilines is 2. The lowest BCUT2D eigenvalue weighted by Gasteiger charge is -2.29. The van der Waals surface area contributed by atoms with Gasteiger partial charge in [-0.15, -0.1) is 0 Å². The van der Waals surface area contributed by atoms with Crippen molar-refractivity contribution < 1.29 is 13.7 Å². The number of benzene rings is 1. The predicted molar refractivity (Wildman–Crippen MR) is 125 cm³/mol. The van der Waals surface area contributed by atoms with Gasteiger partial charge in [-0.2, -0.15) is 4.98 Å². The van der Waals surface area contributed by atoms with Gasteiger partial charge in [0.2, 0.25) is 5.95 Å². The van der Waals surface area contributed by atoms with E-state index in [2.05, 4.69) is 25.8 Å². The van der Waals surface area contributed by atoms with E-state index in [0.29, 0.717) is 11.7 Å². The molecule has 0 aliphatic heterocycles. The second-order valence-corrected chi connectivity index (χ2v) is 8.77. The largest absolute Gasteiger partial charge is 0.363 e. The van der Waals surface area contributed by atoms with Crippen molar-refractivity contribution in [3.05, 3.63) is 52.6 Å². The van der Waals surface area contributed by atoms with Crippen LogP contribution in [0.5, 0.6) is 0 Å². The van der Waals surface area contributed by atoms with E-state index in [4.69, 9.17) is 16.1 Å². The summed E-state index contributed by atoms with van der Waals surface area (Å²) in [5, 5.41) is 10.5. The fourth-order valence-corrected chi connectivity index (χ4v) is 4.28. The second kappa shape index (κ2) is 9.74. The molecule has 0 bridgehead atoms. The van der Waals surface area contributed by atoms with Crippen LogP contribution in [-0.2, 0) is 0 Å². The van der Waals surface area contributed by atoms with E-state index in [9.17, 15) is 9.18 Å². The Morgan fingerprint density at radius 3 is 2.61 bits per heavy atom. The molecule has 1 fully saturated rings. The number of rotatable bonds is 6. The minimum atomic E-state index is -0.558. The molecule has 1 aliphatic carbocycles. The fraction of sp³-hybridized carbons (Fsp3) is 0.391. The average Bonchev–Trinajstić information content (AvgIpc) is 3.16. The summed E-state index contributed by atoms with van der Waals surface area (Å²) in [6.45, 7) is 1.63. The van der Waals surface area contributed by atoms with Gasteiger partial charge >= 0.3 is 0 Å². The molecule has 2 heterocycles. The van der Waals surface area contributed by atoms with Crippen LogP contribution in [0.4, 0.5) is 16.2 Å². The first-order valence-electron chi connectivity index (χ1n) is 10.8. The molecule has 1 aliphatic rings. The third-order valence-electron chi connectivity index (χ3n) is 5.78. The molecule has 0 spiro atoms. The molecular weight excluding hydrogens is 447 g/mol. The molecule has 8 nitrogen and oxygen atoms in total. The molecule has 3 aromatic rings. The maximum Gasteiger partial charge on any atom is 0.257 e. The zero-order chi connectivity index (χ0) is 23.5. The summed E-state index contributed by atoms with van der Waals surface area (Å²) in [6.07, 6.45) is 5.02. The third kappa shape index (κ3) is 5.08. The van der Waals surface area contributed by atoms with E-state index in [-0.39, 0.29) is 39.8 Å². The number of halogens is 2.